The van der Waals surface area contributed by atoms with Crippen molar-refractivity contribution in [2.45, 2.75) is 19.2 Å². The molecule has 0 aliphatic carbocycles. The van der Waals surface area contributed by atoms with E-state index in [1.54, 1.807) is 11.8 Å². The number of rotatable bonds is 2. The fourth-order valence-corrected chi connectivity index (χ4v) is 3.56. The van der Waals surface area contributed by atoms with Gasteiger partial charge in [0.05, 0.1) is 5.75 Å². The summed E-state index contributed by atoms with van der Waals surface area (Å²) in [5, 5.41) is 0.0887. The number of anilines is 1. The zero-order chi connectivity index (χ0) is 14.1. The van der Waals surface area contributed by atoms with Gasteiger partial charge in [-0.1, -0.05) is 47.5 Å². The minimum Gasteiger partial charge on any atom is -0.295 e. The lowest BCUT2D eigenvalue weighted by molar-refractivity contribution is -0.115. The third-order valence-electron chi connectivity index (χ3n) is 3.54. The number of benzene rings is 2. The van der Waals surface area contributed by atoms with Gasteiger partial charge in [0.1, 0.15) is 5.37 Å². The Labute approximate surface area is 123 Å². The van der Waals surface area contributed by atoms with Crippen molar-refractivity contribution >= 4 is 23.4 Å². The summed E-state index contributed by atoms with van der Waals surface area (Å²) < 4.78 is 0. The molecule has 1 aliphatic rings. The van der Waals surface area contributed by atoms with Gasteiger partial charge in [-0.15, -0.1) is 11.8 Å². The summed E-state index contributed by atoms with van der Waals surface area (Å²) in [6, 6.07) is 16.6. The van der Waals surface area contributed by atoms with E-state index in [1.165, 1.54) is 16.7 Å². The lowest BCUT2D eigenvalue weighted by Crippen LogP contribution is -2.27. The summed E-state index contributed by atoms with van der Waals surface area (Å²) in [6.45, 7) is 4.14. The molecule has 1 saturated heterocycles. The molecule has 3 heteroatoms. The second-order valence-electron chi connectivity index (χ2n) is 5.17. The first kappa shape index (κ1) is 13.3. The van der Waals surface area contributed by atoms with Gasteiger partial charge in [0, 0.05) is 5.69 Å². The molecule has 2 aromatic rings. The van der Waals surface area contributed by atoms with Crippen molar-refractivity contribution in [2.24, 2.45) is 0 Å². The summed E-state index contributed by atoms with van der Waals surface area (Å²) >= 11 is 1.69. The van der Waals surface area contributed by atoms with Gasteiger partial charge in [0.15, 0.2) is 0 Å². The summed E-state index contributed by atoms with van der Waals surface area (Å²) in [5.41, 5.74) is 4.62. The third kappa shape index (κ3) is 2.46. The average Bonchev–Trinajstić information content (AvgIpc) is 2.83. The Bertz CT molecular complexity index is 618. The monoisotopic (exact) mass is 283 g/mol. The molecule has 0 saturated carbocycles. The number of carbonyl (C=O) groups excluding carboxylic acids is 1. The van der Waals surface area contributed by atoms with Gasteiger partial charge in [0.2, 0.25) is 5.91 Å². The molecule has 2 aromatic carbocycles. The van der Waals surface area contributed by atoms with Gasteiger partial charge in [-0.05, 0) is 31.5 Å². The standard InChI is InChI=1S/C17H17NOS/c1-12-3-7-14(8-4-12)17-18(16(19)11-20-17)15-9-5-13(2)6-10-15/h3-10,17H,11H2,1-2H3/t17-/m0/s1. The molecule has 20 heavy (non-hydrogen) atoms. The number of nitrogens with zero attached hydrogens (tertiary/aromatic N) is 1. The van der Waals surface area contributed by atoms with E-state index in [4.69, 9.17) is 0 Å². The minimum atomic E-state index is 0.0887. The second kappa shape index (κ2) is 5.33. The molecule has 1 atom stereocenters. The number of amides is 1. The van der Waals surface area contributed by atoms with Crippen molar-refractivity contribution in [3.63, 3.8) is 0 Å². The lowest BCUT2D eigenvalue weighted by Gasteiger charge is -2.24. The van der Waals surface area contributed by atoms with Crippen molar-refractivity contribution in [1.82, 2.24) is 0 Å². The van der Waals surface area contributed by atoms with Crippen molar-refractivity contribution in [3.05, 3.63) is 65.2 Å². The second-order valence-corrected chi connectivity index (χ2v) is 6.24. The maximum absolute atomic E-state index is 12.2. The van der Waals surface area contributed by atoms with Crippen LogP contribution in [0.25, 0.3) is 0 Å². The number of thioether (sulfide) groups is 1. The molecule has 1 heterocycles. The fraction of sp³-hybridized carbons (Fsp3) is 0.235. The van der Waals surface area contributed by atoms with E-state index in [2.05, 4.69) is 50.2 Å². The Morgan fingerprint density at radius 2 is 1.50 bits per heavy atom. The van der Waals surface area contributed by atoms with Gasteiger partial charge in [-0.2, -0.15) is 0 Å². The maximum atomic E-state index is 12.2. The largest absolute Gasteiger partial charge is 0.295 e. The van der Waals surface area contributed by atoms with Crippen molar-refractivity contribution < 1.29 is 4.79 Å². The molecule has 1 amide bonds. The van der Waals surface area contributed by atoms with Crippen LogP contribution in [0, 0.1) is 13.8 Å². The molecule has 102 valence electrons. The van der Waals surface area contributed by atoms with Crippen LogP contribution in [0.4, 0.5) is 5.69 Å². The Hall–Kier alpha value is -1.74. The molecule has 0 bridgehead atoms. The Morgan fingerprint density at radius 1 is 0.950 bits per heavy atom. The molecular weight excluding hydrogens is 266 g/mol. The zero-order valence-corrected chi connectivity index (χ0v) is 12.5. The van der Waals surface area contributed by atoms with E-state index >= 15 is 0 Å². The fourth-order valence-electron chi connectivity index (χ4n) is 2.39. The van der Waals surface area contributed by atoms with Crippen LogP contribution in [-0.2, 0) is 4.79 Å². The van der Waals surface area contributed by atoms with Crippen LogP contribution in [0.1, 0.15) is 22.1 Å². The van der Waals surface area contributed by atoms with E-state index in [0.29, 0.717) is 5.75 Å². The summed E-state index contributed by atoms with van der Waals surface area (Å²) in [4.78, 5) is 14.1. The minimum absolute atomic E-state index is 0.0887. The number of hydrogen-bond acceptors (Lipinski definition) is 2. The number of aryl methyl sites for hydroxylation is 2. The molecule has 3 rings (SSSR count). The highest BCUT2D eigenvalue weighted by Crippen LogP contribution is 2.41. The molecular formula is C17H17NOS. The topological polar surface area (TPSA) is 20.3 Å². The van der Waals surface area contributed by atoms with Gasteiger partial charge >= 0.3 is 0 Å². The molecule has 1 fully saturated rings. The zero-order valence-electron chi connectivity index (χ0n) is 11.7. The first-order chi connectivity index (χ1) is 9.65. The van der Waals surface area contributed by atoms with Crippen LogP contribution < -0.4 is 4.90 Å². The van der Waals surface area contributed by atoms with Crippen molar-refractivity contribution in [3.8, 4) is 0 Å². The molecule has 0 aromatic heterocycles. The first-order valence-electron chi connectivity index (χ1n) is 6.72. The van der Waals surface area contributed by atoms with E-state index in [0.717, 1.165) is 5.69 Å². The van der Waals surface area contributed by atoms with Crippen LogP contribution in [0.15, 0.2) is 48.5 Å². The quantitative estimate of drug-likeness (QED) is 0.827. The number of carbonyl (C=O) groups is 1. The summed E-state index contributed by atoms with van der Waals surface area (Å²) in [6.07, 6.45) is 0. The lowest BCUT2D eigenvalue weighted by atomic mass is 10.1. The SMILES string of the molecule is Cc1ccc([C@@H]2SCC(=O)N2c2ccc(C)cc2)cc1. The van der Waals surface area contributed by atoms with E-state index in [9.17, 15) is 4.79 Å². The predicted molar refractivity (Wildman–Crippen MR) is 85.0 cm³/mol. The van der Waals surface area contributed by atoms with E-state index < -0.39 is 0 Å². The first-order valence-corrected chi connectivity index (χ1v) is 7.77. The van der Waals surface area contributed by atoms with Crippen LogP contribution in [0.5, 0.6) is 0 Å². The van der Waals surface area contributed by atoms with E-state index in [1.807, 2.05) is 17.0 Å². The molecule has 1 aliphatic heterocycles. The smallest absolute Gasteiger partial charge is 0.238 e. The van der Waals surface area contributed by atoms with Gasteiger partial charge in [-0.25, -0.2) is 0 Å². The van der Waals surface area contributed by atoms with Gasteiger partial charge in [-0.3, -0.25) is 9.69 Å². The van der Waals surface area contributed by atoms with E-state index in [-0.39, 0.29) is 11.3 Å². The predicted octanol–water partition coefficient (Wildman–Crippen LogP) is 4.08. The maximum Gasteiger partial charge on any atom is 0.238 e. The molecule has 0 spiro atoms. The van der Waals surface area contributed by atoms with Crippen LogP contribution in [0.3, 0.4) is 0 Å². The molecule has 0 N–H and O–H groups in total. The average molecular weight is 283 g/mol. The van der Waals surface area contributed by atoms with Gasteiger partial charge < -0.3 is 0 Å². The van der Waals surface area contributed by atoms with Crippen LogP contribution in [0.2, 0.25) is 0 Å². The highest BCUT2D eigenvalue weighted by atomic mass is 32.2. The Balaban J connectivity index is 1.96. The van der Waals surface area contributed by atoms with Crippen molar-refractivity contribution in [1.29, 1.82) is 0 Å². The Kier molecular flexibility index (Phi) is 3.53. The number of hydrogen-bond donors (Lipinski definition) is 0. The highest BCUT2D eigenvalue weighted by molar-refractivity contribution is 8.00. The summed E-state index contributed by atoms with van der Waals surface area (Å²) in [5.74, 6) is 0.733. The van der Waals surface area contributed by atoms with Crippen LogP contribution in [-0.4, -0.2) is 11.7 Å². The highest BCUT2D eigenvalue weighted by Gasteiger charge is 2.33. The Morgan fingerprint density at radius 3 is 2.10 bits per heavy atom. The van der Waals surface area contributed by atoms with Crippen LogP contribution >= 0.6 is 11.8 Å². The van der Waals surface area contributed by atoms with Crippen molar-refractivity contribution in [2.75, 3.05) is 10.7 Å². The van der Waals surface area contributed by atoms with Gasteiger partial charge in [0.25, 0.3) is 0 Å². The third-order valence-corrected chi connectivity index (χ3v) is 4.75. The molecule has 2 nitrogen and oxygen atoms in total. The molecule has 0 radical (unpaired) electrons. The normalized spacial score (nSPS) is 18.6. The summed E-state index contributed by atoms with van der Waals surface area (Å²) in [7, 11) is 0. The molecule has 0 unspecified atom stereocenters.